The van der Waals surface area contributed by atoms with Gasteiger partial charge >= 0.3 is 0 Å². The molecule has 3 rings (SSSR count). The van der Waals surface area contributed by atoms with E-state index in [4.69, 9.17) is 9.26 Å². The van der Waals surface area contributed by atoms with Gasteiger partial charge < -0.3 is 14.6 Å². The summed E-state index contributed by atoms with van der Waals surface area (Å²) in [5, 5.41) is 7.41. The molecule has 112 valence electrons. The summed E-state index contributed by atoms with van der Waals surface area (Å²) in [5.74, 6) is 2.31. The van der Waals surface area contributed by atoms with E-state index in [9.17, 15) is 0 Å². The second kappa shape index (κ2) is 6.26. The fourth-order valence-electron chi connectivity index (χ4n) is 2.91. The second-order valence-electron chi connectivity index (χ2n) is 5.45. The van der Waals surface area contributed by atoms with Gasteiger partial charge in [-0.1, -0.05) is 11.2 Å². The maximum atomic E-state index is 5.34. The summed E-state index contributed by atoms with van der Waals surface area (Å²) >= 11 is 0. The molecule has 0 amide bonds. The third-order valence-corrected chi connectivity index (χ3v) is 3.97. The van der Waals surface area contributed by atoms with Gasteiger partial charge in [-0.3, -0.25) is 0 Å². The van der Waals surface area contributed by atoms with E-state index < -0.39 is 0 Å². The molecule has 0 saturated carbocycles. The number of benzene rings is 1. The van der Waals surface area contributed by atoms with E-state index in [0.717, 1.165) is 31.6 Å². The van der Waals surface area contributed by atoms with Crippen LogP contribution in [0, 0.1) is 6.92 Å². The Labute approximate surface area is 124 Å². The summed E-state index contributed by atoms with van der Waals surface area (Å²) in [4.78, 5) is 4.23. The quantitative estimate of drug-likeness (QED) is 0.916. The standard InChI is InChI=1S/C16H21N3O2/c1-11-18-16(21-19-11)8-9-17-15-5-3-4-12-6-7-13(20-2)10-14(12)15/h6-7,10,15,17H,3-5,8-9H2,1-2H3. The van der Waals surface area contributed by atoms with Gasteiger partial charge in [0.25, 0.3) is 0 Å². The van der Waals surface area contributed by atoms with Crippen LogP contribution in [0.2, 0.25) is 0 Å². The van der Waals surface area contributed by atoms with Crippen molar-refractivity contribution in [2.45, 2.75) is 38.6 Å². The average molecular weight is 287 g/mol. The highest BCUT2D eigenvalue weighted by molar-refractivity contribution is 5.39. The molecule has 1 aliphatic rings. The fraction of sp³-hybridized carbons (Fsp3) is 0.500. The molecule has 1 atom stereocenters. The summed E-state index contributed by atoms with van der Waals surface area (Å²) < 4.78 is 10.5. The molecule has 0 radical (unpaired) electrons. The Morgan fingerprint density at radius 3 is 3.10 bits per heavy atom. The summed E-state index contributed by atoms with van der Waals surface area (Å²) in [5.41, 5.74) is 2.79. The van der Waals surface area contributed by atoms with Crippen molar-refractivity contribution in [2.75, 3.05) is 13.7 Å². The van der Waals surface area contributed by atoms with Crippen LogP contribution < -0.4 is 10.1 Å². The zero-order valence-electron chi connectivity index (χ0n) is 12.6. The van der Waals surface area contributed by atoms with Crippen molar-refractivity contribution >= 4 is 0 Å². The van der Waals surface area contributed by atoms with E-state index in [-0.39, 0.29) is 0 Å². The lowest BCUT2D eigenvalue weighted by Gasteiger charge is -2.26. The molecule has 1 aliphatic carbocycles. The topological polar surface area (TPSA) is 60.2 Å². The van der Waals surface area contributed by atoms with E-state index in [2.05, 4.69) is 27.6 Å². The zero-order valence-corrected chi connectivity index (χ0v) is 12.6. The van der Waals surface area contributed by atoms with Crippen LogP contribution in [0.1, 0.15) is 41.7 Å². The number of hydrogen-bond donors (Lipinski definition) is 1. The zero-order chi connectivity index (χ0) is 14.7. The fourth-order valence-corrected chi connectivity index (χ4v) is 2.91. The van der Waals surface area contributed by atoms with Crippen molar-refractivity contribution in [2.24, 2.45) is 0 Å². The Balaban J connectivity index is 1.64. The van der Waals surface area contributed by atoms with E-state index in [1.807, 2.05) is 13.0 Å². The van der Waals surface area contributed by atoms with Gasteiger partial charge in [-0.05, 0) is 49.4 Å². The predicted molar refractivity (Wildman–Crippen MR) is 79.4 cm³/mol. The Morgan fingerprint density at radius 1 is 1.43 bits per heavy atom. The maximum Gasteiger partial charge on any atom is 0.227 e. The first kappa shape index (κ1) is 14.1. The van der Waals surface area contributed by atoms with Gasteiger partial charge in [0.15, 0.2) is 5.82 Å². The number of rotatable bonds is 5. The van der Waals surface area contributed by atoms with Gasteiger partial charge in [0.05, 0.1) is 7.11 Å². The van der Waals surface area contributed by atoms with Gasteiger partial charge in [0.1, 0.15) is 5.75 Å². The van der Waals surface area contributed by atoms with Gasteiger partial charge in [0, 0.05) is 19.0 Å². The van der Waals surface area contributed by atoms with Crippen LogP contribution in [0.15, 0.2) is 22.7 Å². The smallest absolute Gasteiger partial charge is 0.227 e. The monoisotopic (exact) mass is 287 g/mol. The number of methoxy groups -OCH3 is 1. The first-order chi connectivity index (χ1) is 10.3. The van der Waals surface area contributed by atoms with E-state index in [1.54, 1.807) is 7.11 Å². The Kier molecular flexibility index (Phi) is 4.20. The van der Waals surface area contributed by atoms with Crippen LogP contribution in [0.5, 0.6) is 5.75 Å². The molecule has 0 fully saturated rings. The van der Waals surface area contributed by atoms with Gasteiger partial charge in [0.2, 0.25) is 5.89 Å². The second-order valence-corrected chi connectivity index (χ2v) is 5.45. The van der Waals surface area contributed by atoms with Crippen molar-refractivity contribution in [3.8, 4) is 5.75 Å². The minimum atomic E-state index is 0.382. The minimum absolute atomic E-state index is 0.382. The van der Waals surface area contributed by atoms with Gasteiger partial charge in [-0.2, -0.15) is 4.98 Å². The lowest BCUT2D eigenvalue weighted by molar-refractivity contribution is 0.365. The maximum absolute atomic E-state index is 5.34. The first-order valence-corrected chi connectivity index (χ1v) is 7.45. The summed E-state index contributed by atoms with van der Waals surface area (Å²) in [7, 11) is 1.71. The Hall–Kier alpha value is -1.88. The molecule has 21 heavy (non-hydrogen) atoms. The van der Waals surface area contributed by atoms with Crippen LogP contribution in [-0.4, -0.2) is 23.8 Å². The molecule has 1 N–H and O–H groups in total. The first-order valence-electron chi connectivity index (χ1n) is 7.45. The van der Waals surface area contributed by atoms with Crippen LogP contribution in [0.3, 0.4) is 0 Å². The molecule has 5 nitrogen and oxygen atoms in total. The van der Waals surface area contributed by atoms with E-state index in [0.29, 0.717) is 17.8 Å². The lowest BCUT2D eigenvalue weighted by atomic mass is 9.87. The largest absolute Gasteiger partial charge is 0.497 e. The molecule has 0 aliphatic heterocycles. The molecule has 5 heteroatoms. The number of aryl methyl sites for hydroxylation is 2. The van der Waals surface area contributed by atoms with Crippen LogP contribution in [0.4, 0.5) is 0 Å². The van der Waals surface area contributed by atoms with E-state index >= 15 is 0 Å². The molecule has 0 spiro atoms. The molecule has 0 saturated heterocycles. The Bertz CT molecular complexity index is 609. The third-order valence-electron chi connectivity index (χ3n) is 3.97. The number of aromatic nitrogens is 2. The molecule has 1 heterocycles. The highest BCUT2D eigenvalue weighted by Crippen LogP contribution is 2.32. The Morgan fingerprint density at radius 2 is 2.33 bits per heavy atom. The number of ether oxygens (including phenoxy) is 1. The van der Waals surface area contributed by atoms with Gasteiger partial charge in [-0.15, -0.1) is 0 Å². The number of hydrogen-bond acceptors (Lipinski definition) is 5. The summed E-state index contributed by atoms with van der Waals surface area (Å²) in [6.07, 6.45) is 4.29. The van der Waals surface area contributed by atoms with Crippen molar-refractivity contribution in [1.29, 1.82) is 0 Å². The highest BCUT2D eigenvalue weighted by atomic mass is 16.5. The molecule has 1 aromatic heterocycles. The van der Waals surface area contributed by atoms with E-state index in [1.165, 1.54) is 17.5 Å². The van der Waals surface area contributed by atoms with Crippen molar-refractivity contribution < 1.29 is 9.26 Å². The molecule has 1 unspecified atom stereocenters. The molecule has 2 aromatic rings. The summed E-state index contributed by atoms with van der Waals surface area (Å²) in [6, 6.07) is 6.77. The summed E-state index contributed by atoms with van der Waals surface area (Å²) in [6.45, 7) is 2.67. The lowest BCUT2D eigenvalue weighted by Crippen LogP contribution is -2.27. The van der Waals surface area contributed by atoms with Crippen LogP contribution >= 0.6 is 0 Å². The molecular weight excluding hydrogens is 266 g/mol. The molecular formula is C16H21N3O2. The van der Waals surface area contributed by atoms with Crippen LogP contribution in [0.25, 0.3) is 0 Å². The predicted octanol–water partition coefficient (Wildman–Crippen LogP) is 2.60. The van der Waals surface area contributed by atoms with Gasteiger partial charge in [-0.25, -0.2) is 0 Å². The highest BCUT2D eigenvalue weighted by Gasteiger charge is 2.20. The number of fused-ring (bicyclic) bond motifs is 1. The minimum Gasteiger partial charge on any atom is -0.497 e. The average Bonchev–Trinajstić information content (AvgIpc) is 2.92. The van der Waals surface area contributed by atoms with Crippen LogP contribution in [-0.2, 0) is 12.8 Å². The van der Waals surface area contributed by atoms with Crippen molar-refractivity contribution in [1.82, 2.24) is 15.5 Å². The molecule has 1 aromatic carbocycles. The SMILES string of the molecule is COc1ccc2c(c1)C(NCCc1nc(C)no1)CCC2. The molecule has 0 bridgehead atoms. The normalized spacial score (nSPS) is 17.5. The number of nitrogens with zero attached hydrogens (tertiary/aromatic N) is 2. The van der Waals surface area contributed by atoms with Crippen molar-refractivity contribution in [3.05, 3.63) is 41.0 Å². The number of nitrogens with one attached hydrogen (secondary N) is 1. The van der Waals surface area contributed by atoms with Crippen molar-refractivity contribution in [3.63, 3.8) is 0 Å². The third kappa shape index (κ3) is 3.24.